The Morgan fingerprint density at radius 2 is 1.76 bits per heavy atom. The molecule has 2 heterocycles. The zero-order chi connectivity index (χ0) is 26.9. The minimum Gasteiger partial charge on any atom is -0.397 e. The summed E-state index contributed by atoms with van der Waals surface area (Å²) in [5.74, 6) is 0.0501. The number of nitrogens with two attached hydrogens (primary N) is 3. The number of benzene rings is 2. The fourth-order valence-corrected chi connectivity index (χ4v) is 5.57. The fraction of sp³-hybridized carbons (Fsp3) is 0.192. The molecule has 0 fully saturated rings. The highest BCUT2D eigenvalue weighted by Gasteiger charge is 2.24. The summed E-state index contributed by atoms with van der Waals surface area (Å²) in [5, 5.41) is 18.3. The van der Waals surface area contributed by atoms with E-state index in [1.165, 1.54) is 12.1 Å². The number of anilines is 2. The summed E-state index contributed by atoms with van der Waals surface area (Å²) in [6.45, 7) is 4.49. The van der Waals surface area contributed by atoms with Gasteiger partial charge in [-0.2, -0.15) is 5.26 Å². The highest BCUT2D eigenvalue weighted by atomic mass is 32.2. The van der Waals surface area contributed by atoms with Gasteiger partial charge in [0.15, 0.2) is 0 Å². The predicted molar refractivity (Wildman–Crippen MR) is 147 cm³/mol. The summed E-state index contributed by atoms with van der Waals surface area (Å²) in [5.41, 5.74) is 16.3. The maximum Gasteiger partial charge on any atom is 0.263 e. The van der Waals surface area contributed by atoms with E-state index >= 15 is 0 Å². The first kappa shape index (κ1) is 26.1. The molecule has 0 saturated carbocycles. The number of sulfonamides is 1. The summed E-state index contributed by atoms with van der Waals surface area (Å²) in [7, 11) is -3.76. The molecule has 0 atom stereocenters. The number of primary sulfonamides is 1. The molecule has 37 heavy (non-hydrogen) atoms. The van der Waals surface area contributed by atoms with Gasteiger partial charge >= 0.3 is 0 Å². The number of hydrogen-bond acceptors (Lipinski definition) is 8. The lowest BCUT2D eigenvalue weighted by Crippen LogP contribution is -2.25. The number of fused-ring (bicyclic) bond motifs is 1. The van der Waals surface area contributed by atoms with Gasteiger partial charge in [0, 0.05) is 17.5 Å². The first-order valence-electron chi connectivity index (χ1n) is 11.4. The topological polar surface area (TPSA) is 178 Å². The zero-order valence-electron chi connectivity index (χ0n) is 20.3. The second-order valence-corrected chi connectivity index (χ2v) is 11.4. The second-order valence-electron chi connectivity index (χ2n) is 8.86. The zero-order valence-corrected chi connectivity index (χ0v) is 21.9. The van der Waals surface area contributed by atoms with Gasteiger partial charge in [0.05, 0.1) is 10.6 Å². The molecule has 4 aromatic rings. The number of carbonyl (C=O) groups excluding carboxylic acids is 1. The minimum absolute atomic E-state index is 0.0245. The third-order valence-electron chi connectivity index (χ3n) is 6.04. The van der Waals surface area contributed by atoms with Crippen LogP contribution < -0.4 is 21.9 Å². The van der Waals surface area contributed by atoms with Gasteiger partial charge in [-0.25, -0.2) is 18.5 Å². The van der Waals surface area contributed by atoms with Crippen LogP contribution in [0.25, 0.3) is 21.3 Å². The Morgan fingerprint density at radius 1 is 1.11 bits per heavy atom. The number of rotatable bonds is 7. The molecule has 0 unspecified atom stereocenters. The third-order valence-corrected chi connectivity index (χ3v) is 8.07. The van der Waals surface area contributed by atoms with E-state index < -0.39 is 10.0 Å². The smallest absolute Gasteiger partial charge is 0.263 e. The van der Waals surface area contributed by atoms with Gasteiger partial charge in [-0.05, 0) is 41.2 Å². The number of aromatic nitrogens is 1. The van der Waals surface area contributed by atoms with Gasteiger partial charge in [-0.15, -0.1) is 11.3 Å². The van der Waals surface area contributed by atoms with Crippen LogP contribution in [0.4, 0.5) is 11.5 Å². The van der Waals surface area contributed by atoms with E-state index in [1.807, 2.05) is 24.3 Å². The third kappa shape index (κ3) is 5.27. The maximum atomic E-state index is 13.0. The van der Waals surface area contributed by atoms with Crippen LogP contribution >= 0.6 is 11.3 Å². The van der Waals surface area contributed by atoms with Crippen LogP contribution in [-0.4, -0.2) is 25.9 Å². The molecule has 7 N–H and O–H groups in total. The van der Waals surface area contributed by atoms with E-state index in [2.05, 4.69) is 30.2 Å². The Balaban J connectivity index is 1.63. The lowest BCUT2D eigenvalue weighted by atomic mass is 9.94. The standard InChI is InChI=1S/C26H26N6O3S2/c1-14(2)16-5-7-17(8-6-16)20-19(13-27)24(29)32-26-21(20)22(28)23(36-26)25(33)31-12-11-15-3-9-18(10-4-15)37(30,34)35/h3-10,14H,11-12,28H2,1-2H3,(H2,29,32)(H,31,33)(H2,30,34,35). The number of nitrogens with zero attached hydrogens (tertiary/aromatic N) is 2. The minimum atomic E-state index is -3.76. The first-order chi connectivity index (χ1) is 17.5. The lowest BCUT2D eigenvalue weighted by Gasteiger charge is -2.11. The maximum absolute atomic E-state index is 13.0. The van der Waals surface area contributed by atoms with Crippen molar-refractivity contribution in [2.45, 2.75) is 31.1 Å². The molecule has 0 saturated heterocycles. The Morgan fingerprint density at radius 3 is 2.32 bits per heavy atom. The Hall–Kier alpha value is -3.98. The van der Waals surface area contributed by atoms with Crippen LogP contribution in [0.2, 0.25) is 0 Å². The number of hydrogen-bond donors (Lipinski definition) is 4. The number of nitriles is 1. The summed E-state index contributed by atoms with van der Waals surface area (Å²) >= 11 is 1.12. The number of amides is 1. The highest BCUT2D eigenvalue weighted by Crippen LogP contribution is 2.42. The Bertz CT molecular complexity index is 1640. The van der Waals surface area contributed by atoms with Crippen molar-refractivity contribution in [3.63, 3.8) is 0 Å². The molecule has 0 aliphatic carbocycles. The number of pyridine rings is 1. The molecular formula is C26H26N6O3S2. The molecule has 0 bridgehead atoms. The van der Waals surface area contributed by atoms with Crippen LogP contribution in [0.3, 0.4) is 0 Å². The van der Waals surface area contributed by atoms with Gasteiger partial charge in [0.1, 0.15) is 27.2 Å². The summed E-state index contributed by atoms with van der Waals surface area (Å²) in [6, 6.07) is 16.1. The quantitative estimate of drug-likeness (QED) is 0.279. The van der Waals surface area contributed by atoms with E-state index in [9.17, 15) is 18.5 Å². The van der Waals surface area contributed by atoms with Crippen LogP contribution in [0.15, 0.2) is 53.4 Å². The molecule has 2 aromatic carbocycles. The van der Waals surface area contributed by atoms with Crippen molar-refractivity contribution in [3.8, 4) is 17.2 Å². The lowest BCUT2D eigenvalue weighted by molar-refractivity contribution is 0.0959. The largest absolute Gasteiger partial charge is 0.397 e. The van der Waals surface area contributed by atoms with Crippen molar-refractivity contribution in [2.75, 3.05) is 18.0 Å². The van der Waals surface area contributed by atoms with Crippen molar-refractivity contribution in [2.24, 2.45) is 5.14 Å². The molecule has 2 aromatic heterocycles. The first-order valence-corrected chi connectivity index (χ1v) is 13.8. The van der Waals surface area contributed by atoms with Crippen molar-refractivity contribution >= 4 is 49.0 Å². The van der Waals surface area contributed by atoms with E-state index in [-0.39, 0.29) is 32.7 Å². The van der Waals surface area contributed by atoms with Crippen molar-refractivity contribution in [1.29, 1.82) is 5.26 Å². The number of nitrogen functional groups attached to an aromatic ring is 2. The number of nitrogens with one attached hydrogen (secondary N) is 1. The highest BCUT2D eigenvalue weighted by molar-refractivity contribution is 7.89. The van der Waals surface area contributed by atoms with Gasteiger partial charge in [0.2, 0.25) is 10.0 Å². The van der Waals surface area contributed by atoms with Crippen LogP contribution in [0.5, 0.6) is 0 Å². The predicted octanol–water partition coefficient (Wildman–Crippen LogP) is 3.74. The molecule has 1 amide bonds. The summed E-state index contributed by atoms with van der Waals surface area (Å²) < 4.78 is 22.8. The molecule has 0 aliphatic heterocycles. The molecule has 11 heteroatoms. The monoisotopic (exact) mass is 534 g/mol. The average molecular weight is 535 g/mol. The molecular weight excluding hydrogens is 508 g/mol. The van der Waals surface area contributed by atoms with Crippen molar-refractivity contribution < 1.29 is 13.2 Å². The summed E-state index contributed by atoms with van der Waals surface area (Å²) in [6.07, 6.45) is 0.471. The molecule has 0 aliphatic rings. The van der Waals surface area contributed by atoms with Crippen molar-refractivity contribution in [3.05, 3.63) is 70.1 Å². The van der Waals surface area contributed by atoms with E-state index in [4.69, 9.17) is 16.6 Å². The van der Waals surface area contributed by atoms with Crippen molar-refractivity contribution in [1.82, 2.24) is 10.3 Å². The Labute approximate surface area is 219 Å². The number of thiophene rings is 1. The van der Waals surface area contributed by atoms with E-state index in [1.54, 1.807) is 12.1 Å². The fourth-order valence-electron chi connectivity index (χ4n) is 4.02. The second kappa shape index (κ2) is 10.2. The molecule has 0 spiro atoms. The molecule has 190 valence electrons. The molecule has 0 radical (unpaired) electrons. The van der Waals surface area contributed by atoms with E-state index in [0.717, 1.165) is 28.0 Å². The van der Waals surface area contributed by atoms with Gasteiger partial charge in [0.25, 0.3) is 5.91 Å². The summed E-state index contributed by atoms with van der Waals surface area (Å²) in [4.78, 5) is 18.1. The average Bonchev–Trinajstić information content (AvgIpc) is 3.18. The number of carbonyl (C=O) groups is 1. The Kier molecular flexibility index (Phi) is 7.18. The van der Waals surface area contributed by atoms with Gasteiger partial charge in [-0.3, -0.25) is 4.79 Å². The molecule has 9 nitrogen and oxygen atoms in total. The normalized spacial score (nSPS) is 11.5. The molecule has 4 rings (SSSR count). The van der Waals surface area contributed by atoms with Crippen LogP contribution in [0, 0.1) is 11.3 Å². The van der Waals surface area contributed by atoms with Crippen LogP contribution in [0.1, 0.15) is 46.1 Å². The van der Waals surface area contributed by atoms with Gasteiger partial charge < -0.3 is 16.8 Å². The SMILES string of the molecule is CC(C)c1ccc(-c2c(C#N)c(N)nc3sc(C(=O)NCCc4ccc(S(N)(=O)=O)cc4)c(N)c23)cc1. The van der Waals surface area contributed by atoms with Gasteiger partial charge in [-0.1, -0.05) is 50.2 Å². The van der Waals surface area contributed by atoms with Crippen LogP contribution in [-0.2, 0) is 16.4 Å². The van der Waals surface area contributed by atoms with E-state index in [0.29, 0.717) is 34.7 Å².